The molecule has 1 aromatic rings. The first-order valence-corrected chi connectivity index (χ1v) is 7.18. The molecule has 0 bridgehead atoms. The molecule has 5 heteroatoms. The Hall–Kier alpha value is -1.59. The smallest absolute Gasteiger partial charge is 0.319 e. The van der Waals surface area contributed by atoms with Crippen LogP contribution in [-0.4, -0.2) is 25.3 Å². The lowest BCUT2D eigenvalue weighted by Crippen LogP contribution is -2.35. The fourth-order valence-electron chi connectivity index (χ4n) is 2.50. The van der Waals surface area contributed by atoms with Gasteiger partial charge in [-0.2, -0.15) is 0 Å². The van der Waals surface area contributed by atoms with Gasteiger partial charge >= 0.3 is 6.03 Å². The van der Waals surface area contributed by atoms with E-state index in [9.17, 15) is 4.79 Å². The number of amides is 2. The van der Waals surface area contributed by atoms with Crippen molar-refractivity contribution in [2.75, 3.05) is 18.5 Å². The maximum Gasteiger partial charge on any atom is 0.319 e. The van der Waals surface area contributed by atoms with Crippen molar-refractivity contribution in [2.45, 2.75) is 32.4 Å². The van der Waals surface area contributed by atoms with E-state index in [-0.39, 0.29) is 12.1 Å². The molecule has 0 spiro atoms. The molecule has 4 N–H and O–H groups in total. The topological polar surface area (TPSA) is 76.4 Å². The molecule has 1 aliphatic heterocycles. The second-order valence-electron chi connectivity index (χ2n) is 5.10. The van der Waals surface area contributed by atoms with Crippen LogP contribution in [-0.2, 0) is 11.3 Å². The molecule has 20 heavy (non-hydrogen) atoms. The van der Waals surface area contributed by atoms with Crippen molar-refractivity contribution in [1.29, 1.82) is 0 Å². The van der Waals surface area contributed by atoms with Crippen LogP contribution in [0.4, 0.5) is 10.5 Å². The molecule has 0 aliphatic carbocycles. The Labute approximate surface area is 119 Å². The Morgan fingerprint density at radius 1 is 1.40 bits per heavy atom. The van der Waals surface area contributed by atoms with E-state index in [0.29, 0.717) is 19.0 Å². The van der Waals surface area contributed by atoms with Crippen LogP contribution in [0.15, 0.2) is 24.3 Å². The standard InChI is InChI=1S/C15H23N3O2/c1-2-14-12(7-8-20-14)10-17-15(19)18-13-5-3-11(9-16)4-6-13/h3-6,12,14H,2,7-10,16H2,1H3,(H2,17,18,19). The van der Waals surface area contributed by atoms with E-state index >= 15 is 0 Å². The fraction of sp³-hybridized carbons (Fsp3) is 0.533. The van der Waals surface area contributed by atoms with Crippen molar-refractivity contribution in [3.8, 4) is 0 Å². The number of nitrogens with one attached hydrogen (secondary N) is 2. The second-order valence-corrected chi connectivity index (χ2v) is 5.10. The number of nitrogens with two attached hydrogens (primary N) is 1. The summed E-state index contributed by atoms with van der Waals surface area (Å²) in [7, 11) is 0. The molecule has 1 aliphatic rings. The molecule has 1 heterocycles. The van der Waals surface area contributed by atoms with Crippen LogP contribution < -0.4 is 16.4 Å². The third-order valence-electron chi connectivity index (χ3n) is 3.72. The Balaban J connectivity index is 1.77. The van der Waals surface area contributed by atoms with Gasteiger partial charge in [0.15, 0.2) is 0 Å². The minimum atomic E-state index is -0.174. The van der Waals surface area contributed by atoms with E-state index in [1.165, 1.54) is 0 Å². The molecule has 1 fully saturated rings. The van der Waals surface area contributed by atoms with Crippen LogP contribution in [0, 0.1) is 5.92 Å². The van der Waals surface area contributed by atoms with E-state index in [0.717, 1.165) is 30.7 Å². The Morgan fingerprint density at radius 2 is 2.15 bits per heavy atom. The Morgan fingerprint density at radius 3 is 2.80 bits per heavy atom. The van der Waals surface area contributed by atoms with Gasteiger partial charge in [0.25, 0.3) is 0 Å². The number of anilines is 1. The average Bonchev–Trinajstić information content (AvgIpc) is 2.93. The molecule has 2 amide bonds. The third-order valence-corrected chi connectivity index (χ3v) is 3.72. The maximum absolute atomic E-state index is 11.8. The van der Waals surface area contributed by atoms with Crippen molar-refractivity contribution in [2.24, 2.45) is 11.7 Å². The number of carbonyl (C=O) groups is 1. The molecule has 0 saturated carbocycles. The van der Waals surface area contributed by atoms with Gasteiger partial charge in [0.05, 0.1) is 6.10 Å². The quantitative estimate of drug-likeness (QED) is 0.771. The molecule has 2 rings (SSSR count). The van der Waals surface area contributed by atoms with Crippen molar-refractivity contribution in [3.63, 3.8) is 0 Å². The van der Waals surface area contributed by atoms with Crippen LogP contribution >= 0.6 is 0 Å². The number of hydrogen-bond donors (Lipinski definition) is 3. The first kappa shape index (κ1) is 14.8. The molecular formula is C15H23N3O2. The first-order valence-electron chi connectivity index (χ1n) is 7.18. The van der Waals surface area contributed by atoms with Crippen LogP contribution in [0.2, 0.25) is 0 Å². The zero-order chi connectivity index (χ0) is 14.4. The molecule has 2 atom stereocenters. The summed E-state index contributed by atoms with van der Waals surface area (Å²) in [5.41, 5.74) is 7.35. The van der Waals surface area contributed by atoms with Crippen LogP contribution in [0.5, 0.6) is 0 Å². The molecule has 1 aromatic carbocycles. The minimum absolute atomic E-state index is 0.174. The highest BCUT2D eigenvalue weighted by atomic mass is 16.5. The van der Waals surface area contributed by atoms with Gasteiger partial charge in [0.2, 0.25) is 0 Å². The van der Waals surface area contributed by atoms with E-state index in [1.54, 1.807) is 0 Å². The summed E-state index contributed by atoms with van der Waals surface area (Å²) in [6.07, 6.45) is 2.29. The molecule has 110 valence electrons. The number of ether oxygens (including phenoxy) is 1. The lowest BCUT2D eigenvalue weighted by molar-refractivity contribution is 0.0879. The molecule has 0 radical (unpaired) electrons. The van der Waals surface area contributed by atoms with Crippen molar-refractivity contribution >= 4 is 11.7 Å². The normalized spacial score (nSPS) is 21.7. The second kappa shape index (κ2) is 7.26. The summed E-state index contributed by atoms with van der Waals surface area (Å²) in [5.74, 6) is 0.422. The molecule has 0 aromatic heterocycles. The zero-order valence-corrected chi connectivity index (χ0v) is 11.9. The minimum Gasteiger partial charge on any atom is -0.378 e. The van der Waals surface area contributed by atoms with Gasteiger partial charge in [-0.3, -0.25) is 0 Å². The predicted molar refractivity (Wildman–Crippen MR) is 79.5 cm³/mol. The summed E-state index contributed by atoms with van der Waals surface area (Å²) in [5, 5.41) is 5.73. The van der Waals surface area contributed by atoms with Crippen molar-refractivity contribution in [1.82, 2.24) is 5.32 Å². The molecule has 5 nitrogen and oxygen atoms in total. The number of benzene rings is 1. The number of carbonyl (C=O) groups excluding carboxylic acids is 1. The SMILES string of the molecule is CCC1OCCC1CNC(=O)Nc1ccc(CN)cc1. The maximum atomic E-state index is 11.8. The van der Waals surface area contributed by atoms with Gasteiger partial charge in [-0.05, 0) is 30.5 Å². The fourth-order valence-corrected chi connectivity index (χ4v) is 2.50. The number of urea groups is 1. The highest BCUT2D eigenvalue weighted by Gasteiger charge is 2.26. The predicted octanol–water partition coefficient (Wildman–Crippen LogP) is 2.08. The average molecular weight is 277 g/mol. The lowest BCUT2D eigenvalue weighted by Gasteiger charge is -2.17. The number of hydrogen-bond acceptors (Lipinski definition) is 3. The summed E-state index contributed by atoms with van der Waals surface area (Å²) in [6.45, 7) is 4.08. The van der Waals surface area contributed by atoms with Gasteiger partial charge < -0.3 is 21.1 Å². The molecular weight excluding hydrogens is 254 g/mol. The molecule has 2 unspecified atom stereocenters. The van der Waals surface area contributed by atoms with E-state index in [4.69, 9.17) is 10.5 Å². The van der Waals surface area contributed by atoms with Gasteiger partial charge in [-0.25, -0.2) is 4.79 Å². The monoisotopic (exact) mass is 277 g/mol. The number of rotatable bonds is 5. The van der Waals surface area contributed by atoms with Crippen LogP contribution in [0.3, 0.4) is 0 Å². The first-order chi connectivity index (χ1) is 9.72. The highest BCUT2D eigenvalue weighted by Crippen LogP contribution is 2.22. The summed E-state index contributed by atoms with van der Waals surface area (Å²) in [4.78, 5) is 11.8. The largest absolute Gasteiger partial charge is 0.378 e. The van der Waals surface area contributed by atoms with Gasteiger partial charge in [-0.1, -0.05) is 19.1 Å². The van der Waals surface area contributed by atoms with Crippen LogP contribution in [0.25, 0.3) is 0 Å². The third kappa shape index (κ3) is 3.95. The summed E-state index contributed by atoms with van der Waals surface area (Å²) >= 11 is 0. The van der Waals surface area contributed by atoms with Gasteiger partial charge in [-0.15, -0.1) is 0 Å². The summed E-state index contributed by atoms with van der Waals surface area (Å²) in [6, 6.07) is 7.36. The Bertz CT molecular complexity index is 433. The Kier molecular flexibility index (Phi) is 5.38. The van der Waals surface area contributed by atoms with Crippen LogP contribution in [0.1, 0.15) is 25.3 Å². The van der Waals surface area contributed by atoms with Crippen molar-refractivity contribution in [3.05, 3.63) is 29.8 Å². The van der Waals surface area contributed by atoms with Crippen molar-refractivity contribution < 1.29 is 9.53 Å². The van der Waals surface area contributed by atoms with E-state index in [2.05, 4.69) is 17.6 Å². The van der Waals surface area contributed by atoms with Gasteiger partial charge in [0.1, 0.15) is 0 Å². The summed E-state index contributed by atoms with van der Waals surface area (Å²) < 4.78 is 5.61. The molecule has 1 saturated heterocycles. The van der Waals surface area contributed by atoms with E-state index < -0.39 is 0 Å². The highest BCUT2D eigenvalue weighted by molar-refractivity contribution is 5.89. The van der Waals surface area contributed by atoms with E-state index in [1.807, 2.05) is 24.3 Å². The zero-order valence-electron chi connectivity index (χ0n) is 11.9. The van der Waals surface area contributed by atoms with Gasteiger partial charge in [0, 0.05) is 31.3 Å². The lowest BCUT2D eigenvalue weighted by atomic mass is 10.00.